The highest BCUT2D eigenvalue weighted by molar-refractivity contribution is 6.06. The average Bonchev–Trinajstić information content (AvgIpc) is 2.51. The fraction of sp³-hybridized carbons (Fsp3) is 0.636. The van der Waals surface area contributed by atoms with E-state index in [9.17, 15) is 19.2 Å². The van der Waals surface area contributed by atoms with E-state index >= 15 is 0 Å². The molecule has 8 heteroatoms. The molecule has 0 saturated carbocycles. The van der Waals surface area contributed by atoms with E-state index in [1.165, 1.54) is 0 Å². The highest BCUT2D eigenvalue weighted by Gasteiger charge is 2.40. The highest BCUT2D eigenvalue weighted by Crippen LogP contribution is 2.16. The van der Waals surface area contributed by atoms with Crippen LogP contribution in [0.5, 0.6) is 0 Å². The molecule has 0 spiro atoms. The molecule has 0 aromatic rings. The molecule has 1 unspecified atom stereocenters. The number of carbonyl (C=O) groups excluding carboxylic acids is 3. The number of hydrogen-bond donors (Lipinski definition) is 2. The maximum absolute atomic E-state index is 11.9. The van der Waals surface area contributed by atoms with Gasteiger partial charge in [-0.1, -0.05) is 0 Å². The van der Waals surface area contributed by atoms with Crippen molar-refractivity contribution >= 4 is 23.9 Å². The van der Waals surface area contributed by atoms with Gasteiger partial charge in [-0.05, 0) is 20.8 Å². The lowest BCUT2D eigenvalue weighted by molar-refractivity contribution is -0.139. The van der Waals surface area contributed by atoms with Crippen LogP contribution in [0.3, 0.4) is 0 Å². The first-order chi connectivity index (χ1) is 8.60. The first kappa shape index (κ1) is 14.9. The number of amides is 3. The normalized spacial score (nSPS) is 19.0. The molecule has 0 bridgehead atoms. The molecule has 1 atom stereocenters. The zero-order chi connectivity index (χ0) is 14.8. The van der Waals surface area contributed by atoms with Gasteiger partial charge in [-0.3, -0.25) is 24.6 Å². The van der Waals surface area contributed by atoms with E-state index in [0.717, 1.165) is 4.90 Å². The summed E-state index contributed by atoms with van der Waals surface area (Å²) < 4.78 is 5.03. The Morgan fingerprint density at radius 1 is 1.42 bits per heavy atom. The van der Waals surface area contributed by atoms with Gasteiger partial charge in [0.25, 0.3) is 0 Å². The molecule has 19 heavy (non-hydrogen) atoms. The Labute approximate surface area is 109 Å². The minimum Gasteiger partial charge on any atom is -0.480 e. The first-order valence-electron chi connectivity index (χ1n) is 5.65. The summed E-state index contributed by atoms with van der Waals surface area (Å²) in [7, 11) is 0. The smallest absolute Gasteiger partial charge is 0.411 e. The van der Waals surface area contributed by atoms with Crippen LogP contribution in [0, 0.1) is 0 Å². The number of nitrogens with zero attached hydrogens (tertiary/aromatic N) is 1. The quantitative estimate of drug-likeness (QED) is 0.683. The topological polar surface area (TPSA) is 113 Å². The molecule has 1 aliphatic heterocycles. The summed E-state index contributed by atoms with van der Waals surface area (Å²) in [5, 5.41) is 10.8. The van der Waals surface area contributed by atoms with Gasteiger partial charge in [0.1, 0.15) is 18.2 Å². The number of carbonyl (C=O) groups is 4. The molecule has 1 saturated heterocycles. The Morgan fingerprint density at radius 3 is 2.37 bits per heavy atom. The van der Waals surface area contributed by atoms with Gasteiger partial charge in [0.15, 0.2) is 0 Å². The average molecular weight is 272 g/mol. The molecule has 1 fully saturated rings. The van der Waals surface area contributed by atoms with Crippen molar-refractivity contribution < 1.29 is 29.0 Å². The number of carboxylic acid groups (broad SMARTS) is 1. The Hall–Kier alpha value is -2.12. The van der Waals surface area contributed by atoms with Gasteiger partial charge in [0, 0.05) is 0 Å². The summed E-state index contributed by atoms with van der Waals surface area (Å²) in [6.45, 7) is 4.14. The zero-order valence-electron chi connectivity index (χ0n) is 10.9. The lowest BCUT2D eigenvalue weighted by atomic mass is 10.2. The number of nitrogens with one attached hydrogen (secondary N) is 1. The van der Waals surface area contributed by atoms with E-state index < -0.39 is 42.1 Å². The molecule has 1 heterocycles. The van der Waals surface area contributed by atoms with Crippen LogP contribution >= 0.6 is 0 Å². The Bertz CT molecular complexity index is 425. The third kappa shape index (κ3) is 4.23. The van der Waals surface area contributed by atoms with Crippen molar-refractivity contribution in [3.05, 3.63) is 0 Å². The number of imide groups is 1. The molecule has 0 aliphatic carbocycles. The third-order valence-electron chi connectivity index (χ3n) is 2.25. The highest BCUT2D eigenvalue weighted by atomic mass is 16.6. The molecule has 8 nitrogen and oxygen atoms in total. The molecule has 0 aromatic carbocycles. The molecular weight excluding hydrogens is 256 g/mol. The molecule has 1 rings (SSSR count). The number of ether oxygens (including phenoxy) is 1. The second kappa shape index (κ2) is 5.25. The summed E-state index contributed by atoms with van der Waals surface area (Å²) in [5.41, 5.74) is -0.826. The van der Waals surface area contributed by atoms with Crippen LogP contribution in [0.25, 0.3) is 0 Å². The molecule has 1 aliphatic rings. The van der Waals surface area contributed by atoms with Crippen LogP contribution in [-0.4, -0.2) is 52.1 Å². The minimum atomic E-state index is -1.29. The van der Waals surface area contributed by atoms with Crippen LogP contribution < -0.4 is 5.32 Å². The van der Waals surface area contributed by atoms with E-state index in [1.807, 2.05) is 5.32 Å². The van der Waals surface area contributed by atoms with Gasteiger partial charge in [0.05, 0.1) is 6.42 Å². The Balaban J connectivity index is 2.88. The third-order valence-corrected chi connectivity index (χ3v) is 2.25. The SMILES string of the molecule is CC(C)(C)OC(=O)N(CC(=O)O)C1CC(=O)NC1=O. The zero-order valence-corrected chi connectivity index (χ0v) is 10.9. The van der Waals surface area contributed by atoms with Crippen molar-refractivity contribution in [3.8, 4) is 0 Å². The molecule has 106 valence electrons. The lowest BCUT2D eigenvalue weighted by Gasteiger charge is -2.28. The van der Waals surface area contributed by atoms with E-state index in [2.05, 4.69) is 0 Å². The van der Waals surface area contributed by atoms with Gasteiger partial charge in [-0.15, -0.1) is 0 Å². The Kier molecular flexibility index (Phi) is 4.13. The van der Waals surface area contributed by atoms with Gasteiger partial charge in [-0.2, -0.15) is 0 Å². The first-order valence-corrected chi connectivity index (χ1v) is 5.65. The van der Waals surface area contributed by atoms with Crippen LogP contribution in [0.15, 0.2) is 0 Å². The summed E-state index contributed by atoms with van der Waals surface area (Å²) in [6.07, 6.45) is -1.20. The lowest BCUT2D eigenvalue weighted by Crippen LogP contribution is -2.48. The monoisotopic (exact) mass is 272 g/mol. The maximum Gasteiger partial charge on any atom is 0.411 e. The van der Waals surface area contributed by atoms with E-state index in [1.54, 1.807) is 20.8 Å². The Morgan fingerprint density at radius 2 is 2.00 bits per heavy atom. The number of aliphatic carboxylic acids is 1. The summed E-state index contributed by atoms with van der Waals surface area (Å²) in [4.78, 5) is 46.0. The fourth-order valence-corrected chi connectivity index (χ4v) is 1.56. The number of hydrogen-bond acceptors (Lipinski definition) is 5. The van der Waals surface area contributed by atoms with Crippen LogP contribution in [0.2, 0.25) is 0 Å². The van der Waals surface area contributed by atoms with E-state index in [0.29, 0.717) is 0 Å². The van der Waals surface area contributed by atoms with Gasteiger partial charge >= 0.3 is 12.1 Å². The second-order valence-corrected chi connectivity index (χ2v) is 5.13. The van der Waals surface area contributed by atoms with Gasteiger partial charge in [0.2, 0.25) is 11.8 Å². The molecule has 3 amide bonds. The van der Waals surface area contributed by atoms with Crippen LogP contribution in [0.4, 0.5) is 4.79 Å². The summed E-state index contributed by atoms with van der Waals surface area (Å²) in [5.74, 6) is -2.54. The van der Waals surface area contributed by atoms with Crippen molar-refractivity contribution in [2.45, 2.75) is 38.8 Å². The second-order valence-electron chi connectivity index (χ2n) is 5.13. The van der Waals surface area contributed by atoms with E-state index in [-0.39, 0.29) is 6.42 Å². The van der Waals surface area contributed by atoms with Crippen molar-refractivity contribution in [3.63, 3.8) is 0 Å². The number of rotatable bonds is 3. The van der Waals surface area contributed by atoms with Crippen molar-refractivity contribution in [1.82, 2.24) is 10.2 Å². The molecular formula is C11H16N2O6. The fourth-order valence-electron chi connectivity index (χ4n) is 1.56. The van der Waals surface area contributed by atoms with Crippen molar-refractivity contribution in [2.24, 2.45) is 0 Å². The minimum absolute atomic E-state index is 0.259. The van der Waals surface area contributed by atoms with Gasteiger partial charge < -0.3 is 9.84 Å². The van der Waals surface area contributed by atoms with Crippen molar-refractivity contribution in [1.29, 1.82) is 0 Å². The van der Waals surface area contributed by atoms with E-state index in [4.69, 9.17) is 9.84 Å². The van der Waals surface area contributed by atoms with Crippen LogP contribution in [0.1, 0.15) is 27.2 Å². The van der Waals surface area contributed by atoms with Crippen molar-refractivity contribution in [2.75, 3.05) is 6.54 Å². The molecule has 0 aromatic heterocycles. The van der Waals surface area contributed by atoms with Gasteiger partial charge in [-0.25, -0.2) is 4.79 Å². The van der Waals surface area contributed by atoms with Crippen LogP contribution in [-0.2, 0) is 19.1 Å². The number of carboxylic acids is 1. The maximum atomic E-state index is 11.9. The molecule has 0 radical (unpaired) electrons. The largest absolute Gasteiger partial charge is 0.480 e. The predicted molar refractivity (Wildman–Crippen MR) is 62.1 cm³/mol. The standard InChI is InChI=1S/C11H16N2O6/c1-11(2,3)19-10(18)13(5-8(15)16)6-4-7(14)12-9(6)17/h6H,4-5H2,1-3H3,(H,15,16)(H,12,14,17). The molecule has 2 N–H and O–H groups in total. The summed E-state index contributed by atoms with van der Waals surface area (Å²) >= 11 is 0. The predicted octanol–water partition coefficient (Wildman–Crippen LogP) is -0.277. The summed E-state index contributed by atoms with van der Waals surface area (Å²) in [6, 6.07) is -1.14.